The van der Waals surface area contributed by atoms with Gasteiger partial charge < -0.3 is 15.1 Å². The molecule has 3 saturated heterocycles. The van der Waals surface area contributed by atoms with Gasteiger partial charge in [0.2, 0.25) is 11.8 Å². The normalized spacial score (nSPS) is 24.8. The summed E-state index contributed by atoms with van der Waals surface area (Å²) in [6.45, 7) is 11.0. The Balaban J connectivity index is 0.918. The van der Waals surface area contributed by atoms with Crippen LogP contribution in [-0.2, 0) is 20.6 Å². The van der Waals surface area contributed by atoms with Crippen molar-refractivity contribution in [2.45, 2.75) is 109 Å². The van der Waals surface area contributed by atoms with Crippen molar-refractivity contribution in [2.75, 3.05) is 47.8 Å². The van der Waals surface area contributed by atoms with Crippen molar-refractivity contribution in [3.8, 4) is 6.07 Å². The molecule has 17 heteroatoms. The quantitative estimate of drug-likeness (QED) is 0.208. The number of carbonyl (C=O) groups is 4. The van der Waals surface area contributed by atoms with E-state index in [1.54, 1.807) is 32.0 Å². The third kappa shape index (κ3) is 9.23. The van der Waals surface area contributed by atoms with Crippen molar-refractivity contribution in [1.29, 1.82) is 5.26 Å². The van der Waals surface area contributed by atoms with Gasteiger partial charge >= 0.3 is 12.2 Å². The number of imide groups is 1. The molecular weight excluding hydrogens is 760 g/mol. The van der Waals surface area contributed by atoms with E-state index in [0.717, 1.165) is 76.7 Å². The standard InChI is InChI=1S/C40H50F3N9O4S/c1-25-22-48(23-26(2)50(25)24-35(54)46-29-11-15-33(45-21-29)49-18-16-34(53)47-37(49)56)17-6-5-7-27-8-12-30(13-9-27)52-38(57)51(36(55)39(52,3)4)31-14-10-28(20-44)32(19-31)40(41,42)43/h10-11,14-15,19,21,25-27,30H,5-9,12-13,16-18,22-24H2,1-4H3,(H,46,54)(H,47,53,56)/t25-,26+,27-,30-. The van der Waals surface area contributed by atoms with Gasteiger partial charge in [0.05, 0.1) is 41.3 Å². The number of alkyl halides is 3. The molecule has 2 N–H and O–H groups in total. The Bertz CT molecular complexity index is 1900. The van der Waals surface area contributed by atoms with Crippen molar-refractivity contribution < 1.29 is 32.3 Å². The Morgan fingerprint density at radius 1 is 1.05 bits per heavy atom. The number of nitriles is 1. The summed E-state index contributed by atoms with van der Waals surface area (Å²) in [6, 6.07) is 8.06. The third-order valence-corrected chi connectivity index (χ3v) is 12.2. The van der Waals surface area contributed by atoms with Gasteiger partial charge in [-0.15, -0.1) is 0 Å². The van der Waals surface area contributed by atoms with Gasteiger partial charge in [0.1, 0.15) is 11.4 Å². The minimum absolute atomic E-state index is 0.0000669. The number of nitrogens with zero attached hydrogens (tertiary/aromatic N) is 7. The van der Waals surface area contributed by atoms with Crippen molar-refractivity contribution in [3.63, 3.8) is 0 Å². The molecule has 0 radical (unpaired) electrons. The number of nitrogens with one attached hydrogen (secondary N) is 2. The molecule has 1 aromatic carbocycles. The number of aromatic nitrogens is 1. The van der Waals surface area contributed by atoms with E-state index in [-0.39, 0.29) is 66.2 Å². The number of piperazine rings is 1. The van der Waals surface area contributed by atoms with E-state index in [1.807, 2.05) is 4.90 Å². The van der Waals surface area contributed by atoms with E-state index in [2.05, 4.69) is 39.3 Å². The van der Waals surface area contributed by atoms with Crippen molar-refractivity contribution in [2.24, 2.45) is 5.92 Å². The van der Waals surface area contributed by atoms with E-state index in [1.165, 1.54) is 22.1 Å². The van der Waals surface area contributed by atoms with E-state index < -0.39 is 28.9 Å². The monoisotopic (exact) mass is 809 g/mol. The lowest BCUT2D eigenvalue weighted by molar-refractivity contribution is -0.137. The number of carbonyl (C=O) groups excluding carboxylic acids is 4. The smallest absolute Gasteiger partial charge is 0.331 e. The molecule has 2 atom stereocenters. The van der Waals surface area contributed by atoms with Crippen molar-refractivity contribution in [1.82, 2.24) is 25.0 Å². The number of rotatable bonds is 11. The highest BCUT2D eigenvalue weighted by molar-refractivity contribution is 7.80. The fourth-order valence-corrected chi connectivity index (χ4v) is 9.41. The molecule has 0 bridgehead atoms. The number of halogens is 3. The maximum Gasteiger partial charge on any atom is 0.417 e. The number of unbranched alkanes of at least 4 members (excludes halogenated alkanes) is 1. The Labute approximate surface area is 336 Å². The number of amides is 5. The summed E-state index contributed by atoms with van der Waals surface area (Å²) in [5.41, 5.74) is -2.07. The van der Waals surface area contributed by atoms with E-state index in [0.29, 0.717) is 17.4 Å². The van der Waals surface area contributed by atoms with Crippen LogP contribution in [0.3, 0.4) is 0 Å². The number of urea groups is 1. The highest BCUT2D eigenvalue weighted by Crippen LogP contribution is 2.41. The van der Waals surface area contributed by atoms with E-state index in [4.69, 9.17) is 12.2 Å². The van der Waals surface area contributed by atoms with Gasteiger partial charge in [-0.3, -0.25) is 34.4 Å². The molecule has 1 aromatic heterocycles. The molecular formula is C40H50F3N9O4S. The highest BCUT2D eigenvalue weighted by atomic mass is 32.1. The predicted molar refractivity (Wildman–Crippen MR) is 212 cm³/mol. The van der Waals surface area contributed by atoms with Crippen LogP contribution < -0.4 is 20.4 Å². The first-order valence-electron chi connectivity index (χ1n) is 19.6. The number of hydrogen-bond acceptors (Lipinski definition) is 9. The third-order valence-electron chi connectivity index (χ3n) is 11.8. The van der Waals surface area contributed by atoms with Gasteiger partial charge in [0, 0.05) is 44.2 Å². The second-order valence-electron chi connectivity index (χ2n) is 16.2. The van der Waals surface area contributed by atoms with Crippen LogP contribution in [0.2, 0.25) is 0 Å². The van der Waals surface area contributed by atoms with Gasteiger partial charge in [-0.25, -0.2) is 9.78 Å². The lowest BCUT2D eigenvalue weighted by atomic mass is 9.81. The molecule has 6 rings (SSSR count). The number of thiocarbonyl (C=S) groups is 1. The number of hydrogen-bond donors (Lipinski definition) is 2. The summed E-state index contributed by atoms with van der Waals surface area (Å²) >= 11 is 5.76. The summed E-state index contributed by atoms with van der Waals surface area (Å²) in [6.07, 6.45) is 3.86. The summed E-state index contributed by atoms with van der Waals surface area (Å²) in [7, 11) is 0. The van der Waals surface area contributed by atoms with Gasteiger partial charge in [-0.2, -0.15) is 18.4 Å². The van der Waals surface area contributed by atoms with E-state index in [9.17, 15) is 37.6 Å². The molecule has 13 nitrogen and oxygen atoms in total. The Morgan fingerprint density at radius 3 is 2.37 bits per heavy atom. The first-order chi connectivity index (χ1) is 27.0. The number of anilines is 3. The average molecular weight is 810 g/mol. The van der Waals surface area contributed by atoms with Crippen molar-refractivity contribution in [3.05, 3.63) is 47.7 Å². The average Bonchev–Trinajstić information content (AvgIpc) is 3.33. The molecule has 5 amide bonds. The van der Waals surface area contributed by atoms with E-state index >= 15 is 0 Å². The minimum Gasteiger partial charge on any atom is -0.331 e. The Kier molecular flexibility index (Phi) is 12.6. The first kappa shape index (κ1) is 42.0. The minimum atomic E-state index is -4.75. The van der Waals surface area contributed by atoms with Gasteiger partial charge in [-0.05, 0) is 115 Å². The van der Waals surface area contributed by atoms with Crippen LogP contribution in [0.25, 0.3) is 0 Å². The van der Waals surface area contributed by atoms with Gasteiger partial charge in [0.15, 0.2) is 5.11 Å². The second-order valence-corrected chi connectivity index (χ2v) is 16.6. The van der Waals surface area contributed by atoms with Crippen LogP contribution in [-0.4, -0.2) is 105 Å². The summed E-state index contributed by atoms with van der Waals surface area (Å²) in [5, 5.41) is 14.6. The van der Waals surface area contributed by atoms with Crippen LogP contribution in [0, 0.1) is 17.2 Å². The fraction of sp³-hybridized carbons (Fsp3) is 0.575. The SMILES string of the molecule is C[C@@H]1CN(CCCC[C@H]2CC[C@H](N3C(=S)N(c4ccc(C#N)c(C(F)(F)F)c4)C(=O)C3(C)C)CC2)C[C@H](C)N1CC(=O)Nc1ccc(N2CCC(=O)NC2=O)nc1. The van der Waals surface area contributed by atoms with Crippen LogP contribution in [0.15, 0.2) is 36.5 Å². The van der Waals surface area contributed by atoms with Crippen LogP contribution in [0.4, 0.5) is 35.2 Å². The van der Waals surface area contributed by atoms with Crippen LogP contribution in [0.1, 0.15) is 90.2 Å². The molecule has 0 unspecified atom stereocenters. The number of pyridine rings is 1. The molecule has 4 fully saturated rings. The van der Waals surface area contributed by atoms with Gasteiger partial charge in [-0.1, -0.05) is 12.8 Å². The van der Waals surface area contributed by atoms with Gasteiger partial charge in [0.25, 0.3) is 5.91 Å². The summed E-state index contributed by atoms with van der Waals surface area (Å²) in [5.74, 6) is 0.116. The highest BCUT2D eigenvalue weighted by Gasteiger charge is 2.52. The molecule has 2 aromatic rings. The van der Waals surface area contributed by atoms with Crippen molar-refractivity contribution >= 4 is 58.3 Å². The fourth-order valence-electron chi connectivity index (χ4n) is 8.84. The Hall–Kier alpha value is -4.66. The predicted octanol–water partition coefficient (Wildman–Crippen LogP) is 5.89. The molecule has 306 valence electrons. The zero-order valence-electron chi connectivity index (χ0n) is 32.8. The first-order valence-corrected chi connectivity index (χ1v) is 20.0. The maximum atomic E-state index is 13.7. The number of benzene rings is 1. The zero-order chi connectivity index (χ0) is 41.2. The lowest BCUT2D eigenvalue weighted by Gasteiger charge is -2.44. The molecule has 4 aliphatic rings. The topological polar surface area (TPSA) is 145 Å². The molecule has 1 saturated carbocycles. The molecule has 0 spiro atoms. The largest absolute Gasteiger partial charge is 0.417 e. The second kappa shape index (κ2) is 17.1. The summed E-state index contributed by atoms with van der Waals surface area (Å²) in [4.78, 5) is 63.6. The molecule has 4 heterocycles. The maximum absolute atomic E-state index is 13.7. The lowest BCUT2D eigenvalue weighted by Crippen LogP contribution is -2.58. The van der Waals surface area contributed by atoms with Crippen LogP contribution >= 0.6 is 12.2 Å². The Morgan fingerprint density at radius 2 is 1.75 bits per heavy atom. The molecule has 3 aliphatic heterocycles. The molecule has 1 aliphatic carbocycles. The van der Waals surface area contributed by atoms with Crippen LogP contribution in [0.5, 0.6) is 0 Å². The zero-order valence-corrected chi connectivity index (χ0v) is 33.6. The molecule has 57 heavy (non-hydrogen) atoms. The summed E-state index contributed by atoms with van der Waals surface area (Å²) < 4.78 is 41.2.